The lowest BCUT2D eigenvalue weighted by atomic mass is 10.2. The molecule has 2 heterocycles. The summed E-state index contributed by atoms with van der Waals surface area (Å²) in [6.07, 6.45) is 4.87. The fourth-order valence-corrected chi connectivity index (χ4v) is 1.70. The van der Waals surface area contributed by atoms with Gasteiger partial charge < -0.3 is 10.4 Å². The van der Waals surface area contributed by atoms with E-state index in [2.05, 4.69) is 20.5 Å². The summed E-state index contributed by atoms with van der Waals surface area (Å²) in [7, 11) is 0. The summed E-state index contributed by atoms with van der Waals surface area (Å²) < 4.78 is 1.55. The molecule has 2 N–H and O–H groups in total. The minimum atomic E-state index is -0.279. The third kappa shape index (κ3) is 3.27. The molecule has 0 fully saturated rings. The van der Waals surface area contributed by atoms with Crippen LogP contribution in [0.4, 0.5) is 0 Å². The number of amides is 1. The molecule has 0 saturated heterocycles. The molecule has 0 aliphatic rings. The van der Waals surface area contributed by atoms with Gasteiger partial charge in [0.15, 0.2) is 5.82 Å². The Morgan fingerprint density at radius 3 is 2.79 bits per heavy atom. The van der Waals surface area contributed by atoms with Crippen molar-refractivity contribution in [3.05, 3.63) is 35.5 Å². The Morgan fingerprint density at radius 2 is 2.16 bits per heavy atom. The number of halogens is 1. The molecule has 0 aliphatic heterocycles. The van der Waals surface area contributed by atoms with Crippen molar-refractivity contribution in [2.24, 2.45) is 0 Å². The van der Waals surface area contributed by atoms with Gasteiger partial charge in [0.1, 0.15) is 12.7 Å². The third-order valence-corrected chi connectivity index (χ3v) is 2.65. The standard InChI is InChI=1S/C11H12ClN5O2/c12-9-4-8(11(19)13-2-1-3-18)5-14-10(9)17-6-15-16-7-17/h4-7,18H,1-3H2,(H,13,19). The second-order valence-electron chi connectivity index (χ2n) is 3.73. The number of hydrogen-bond donors (Lipinski definition) is 2. The lowest BCUT2D eigenvalue weighted by Gasteiger charge is -2.07. The number of hydrogen-bond acceptors (Lipinski definition) is 5. The van der Waals surface area contributed by atoms with Gasteiger partial charge in [0.2, 0.25) is 0 Å². The van der Waals surface area contributed by atoms with Crippen LogP contribution >= 0.6 is 11.6 Å². The number of carbonyl (C=O) groups excluding carboxylic acids is 1. The smallest absolute Gasteiger partial charge is 0.252 e. The van der Waals surface area contributed by atoms with Crippen molar-refractivity contribution in [2.75, 3.05) is 13.2 Å². The first-order chi connectivity index (χ1) is 9.22. The summed E-state index contributed by atoms with van der Waals surface area (Å²) in [6.45, 7) is 0.437. The van der Waals surface area contributed by atoms with E-state index in [1.165, 1.54) is 24.9 Å². The summed E-state index contributed by atoms with van der Waals surface area (Å²) >= 11 is 6.07. The molecule has 8 heteroatoms. The highest BCUT2D eigenvalue weighted by Gasteiger charge is 2.10. The van der Waals surface area contributed by atoms with Crippen LogP contribution in [0.2, 0.25) is 5.02 Å². The first-order valence-corrected chi connectivity index (χ1v) is 6.00. The van der Waals surface area contributed by atoms with Crippen LogP contribution in [0.5, 0.6) is 0 Å². The van der Waals surface area contributed by atoms with Crippen LogP contribution in [-0.4, -0.2) is 43.9 Å². The Hall–Kier alpha value is -1.99. The zero-order chi connectivity index (χ0) is 13.7. The largest absolute Gasteiger partial charge is 0.396 e. The van der Waals surface area contributed by atoms with Gasteiger partial charge in [0.05, 0.1) is 10.6 Å². The number of aromatic nitrogens is 4. The first kappa shape index (κ1) is 13.4. The van der Waals surface area contributed by atoms with Gasteiger partial charge in [-0.3, -0.25) is 9.36 Å². The molecule has 0 saturated carbocycles. The lowest BCUT2D eigenvalue weighted by molar-refractivity contribution is 0.0951. The number of nitrogens with one attached hydrogen (secondary N) is 1. The molecule has 0 unspecified atom stereocenters. The van der Waals surface area contributed by atoms with Crippen LogP contribution < -0.4 is 5.32 Å². The zero-order valence-electron chi connectivity index (χ0n) is 9.95. The first-order valence-electron chi connectivity index (χ1n) is 5.62. The number of nitrogens with zero attached hydrogens (tertiary/aromatic N) is 4. The van der Waals surface area contributed by atoms with Crippen LogP contribution in [0.3, 0.4) is 0 Å². The van der Waals surface area contributed by atoms with Gasteiger partial charge >= 0.3 is 0 Å². The third-order valence-electron chi connectivity index (χ3n) is 2.37. The summed E-state index contributed by atoms with van der Waals surface area (Å²) in [4.78, 5) is 15.9. The molecule has 0 bridgehead atoms. The monoisotopic (exact) mass is 281 g/mol. The summed E-state index contributed by atoms with van der Waals surface area (Å²) in [5, 5.41) is 18.9. The van der Waals surface area contributed by atoms with Crippen LogP contribution in [0.1, 0.15) is 16.8 Å². The van der Waals surface area contributed by atoms with Crippen LogP contribution in [0.25, 0.3) is 5.82 Å². The van der Waals surface area contributed by atoms with Crippen molar-refractivity contribution >= 4 is 17.5 Å². The van der Waals surface area contributed by atoms with Gasteiger partial charge in [0, 0.05) is 19.3 Å². The zero-order valence-corrected chi connectivity index (χ0v) is 10.7. The number of pyridine rings is 1. The molecule has 2 aromatic heterocycles. The van der Waals surface area contributed by atoms with E-state index >= 15 is 0 Å². The summed E-state index contributed by atoms with van der Waals surface area (Å²) in [5.74, 6) is 0.178. The number of aliphatic hydroxyl groups is 1. The van der Waals surface area contributed by atoms with Gasteiger partial charge in [-0.25, -0.2) is 4.98 Å². The molecule has 0 spiro atoms. The predicted octanol–water partition coefficient (Wildman–Crippen LogP) is 0.428. The maximum atomic E-state index is 11.7. The average Bonchev–Trinajstić information content (AvgIpc) is 2.92. The molecule has 0 aliphatic carbocycles. The normalized spacial score (nSPS) is 10.4. The van der Waals surface area contributed by atoms with Crippen LogP contribution in [-0.2, 0) is 0 Å². The SMILES string of the molecule is O=C(NCCCO)c1cnc(-n2cnnc2)c(Cl)c1. The summed E-state index contributed by atoms with van der Waals surface area (Å²) in [6, 6.07) is 1.53. The average molecular weight is 282 g/mol. The molecule has 0 radical (unpaired) electrons. The van der Waals surface area contributed by atoms with Gasteiger partial charge in [0.25, 0.3) is 5.91 Å². The fraction of sp³-hybridized carbons (Fsp3) is 0.273. The Kier molecular flexibility index (Phi) is 4.43. The molecule has 7 nitrogen and oxygen atoms in total. The number of carbonyl (C=O) groups is 1. The van der Waals surface area contributed by atoms with Gasteiger partial charge in [-0.2, -0.15) is 0 Å². The predicted molar refractivity (Wildman–Crippen MR) is 68.2 cm³/mol. The van der Waals surface area contributed by atoms with Crippen molar-refractivity contribution in [3.8, 4) is 5.82 Å². The Bertz CT molecular complexity index is 558. The highest BCUT2D eigenvalue weighted by Crippen LogP contribution is 2.18. The van der Waals surface area contributed by atoms with Crippen molar-refractivity contribution < 1.29 is 9.90 Å². The second kappa shape index (κ2) is 6.26. The highest BCUT2D eigenvalue weighted by molar-refractivity contribution is 6.32. The van der Waals surface area contributed by atoms with Crippen molar-refractivity contribution in [1.82, 2.24) is 25.1 Å². The van der Waals surface area contributed by atoms with Gasteiger partial charge in [-0.1, -0.05) is 11.6 Å². The second-order valence-corrected chi connectivity index (χ2v) is 4.14. The van der Waals surface area contributed by atoms with Crippen LogP contribution in [0, 0.1) is 0 Å². The Labute approximate surface area is 114 Å². The molecule has 100 valence electrons. The van der Waals surface area contributed by atoms with Crippen molar-refractivity contribution in [2.45, 2.75) is 6.42 Å². The maximum absolute atomic E-state index is 11.7. The molecule has 2 rings (SSSR count). The van der Waals surface area contributed by atoms with E-state index in [4.69, 9.17) is 16.7 Å². The molecule has 19 heavy (non-hydrogen) atoms. The molecule has 0 aromatic carbocycles. The van der Waals surface area contributed by atoms with Gasteiger partial charge in [-0.05, 0) is 12.5 Å². The van der Waals surface area contributed by atoms with Crippen molar-refractivity contribution in [1.29, 1.82) is 0 Å². The van der Waals surface area contributed by atoms with Crippen LogP contribution in [0.15, 0.2) is 24.9 Å². The molecular weight excluding hydrogens is 270 g/mol. The molecule has 0 atom stereocenters. The quantitative estimate of drug-likeness (QED) is 0.775. The lowest BCUT2D eigenvalue weighted by Crippen LogP contribution is -2.25. The maximum Gasteiger partial charge on any atom is 0.252 e. The minimum absolute atomic E-state index is 0.0336. The van der Waals surface area contributed by atoms with E-state index in [9.17, 15) is 4.79 Å². The van der Waals surface area contributed by atoms with Gasteiger partial charge in [-0.15, -0.1) is 10.2 Å². The minimum Gasteiger partial charge on any atom is -0.396 e. The van der Waals surface area contributed by atoms with Crippen molar-refractivity contribution in [3.63, 3.8) is 0 Å². The van der Waals surface area contributed by atoms with E-state index in [0.717, 1.165) is 0 Å². The highest BCUT2D eigenvalue weighted by atomic mass is 35.5. The molecule has 1 amide bonds. The van der Waals surface area contributed by atoms with E-state index in [1.807, 2.05) is 0 Å². The molecule has 2 aromatic rings. The van der Waals surface area contributed by atoms with E-state index in [1.54, 1.807) is 4.57 Å². The van der Waals surface area contributed by atoms with E-state index < -0.39 is 0 Å². The van der Waals surface area contributed by atoms with E-state index in [0.29, 0.717) is 29.4 Å². The number of aliphatic hydroxyl groups excluding tert-OH is 1. The topological polar surface area (TPSA) is 92.9 Å². The Balaban J connectivity index is 2.13. The molecular formula is C11H12ClN5O2. The van der Waals surface area contributed by atoms with E-state index in [-0.39, 0.29) is 12.5 Å². The Morgan fingerprint density at radius 1 is 1.42 bits per heavy atom. The fourth-order valence-electron chi connectivity index (χ4n) is 1.44. The number of rotatable bonds is 5. The summed E-state index contributed by atoms with van der Waals surface area (Å²) in [5.41, 5.74) is 0.361.